The summed E-state index contributed by atoms with van der Waals surface area (Å²) in [5.41, 5.74) is 5.99. The standard InChI is InChI=1S/C15H17F2N3/c1-3-6-12-19-14(15(18)20(12)9-4-2)13-10(16)7-5-8-11(13)17/h4-5,7-8H,2-3,6,9,18H2,1H3. The molecule has 0 fully saturated rings. The number of nitrogens with zero attached hydrogens (tertiary/aromatic N) is 2. The van der Waals surface area contributed by atoms with Crippen LogP contribution in [0.2, 0.25) is 0 Å². The fourth-order valence-corrected chi connectivity index (χ4v) is 2.17. The van der Waals surface area contributed by atoms with Gasteiger partial charge in [0.2, 0.25) is 0 Å². The van der Waals surface area contributed by atoms with Crippen molar-refractivity contribution in [3.05, 3.63) is 48.3 Å². The van der Waals surface area contributed by atoms with Gasteiger partial charge in [0.1, 0.15) is 29.0 Å². The third-order valence-corrected chi connectivity index (χ3v) is 3.07. The van der Waals surface area contributed by atoms with E-state index in [0.29, 0.717) is 18.8 Å². The highest BCUT2D eigenvalue weighted by molar-refractivity contribution is 5.72. The number of imidazole rings is 1. The third-order valence-electron chi connectivity index (χ3n) is 3.07. The zero-order chi connectivity index (χ0) is 14.7. The molecule has 1 aromatic carbocycles. The fraction of sp³-hybridized carbons (Fsp3) is 0.267. The molecule has 0 radical (unpaired) electrons. The van der Waals surface area contributed by atoms with Gasteiger partial charge in [-0.25, -0.2) is 13.8 Å². The Morgan fingerprint density at radius 2 is 2.00 bits per heavy atom. The van der Waals surface area contributed by atoms with Gasteiger partial charge in [0, 0.05) is 13.0 Å². The van der Waals surface area contributed by atoms with Crippen LogP contribution in [0.3, 0.4) is 0 Å². The van der Waals surface area contributed by atoms with E-state index in [-0.39, 0.29) is 17.1 Å². The zero-order valence-corrected chi connectivity index (χ0v) is 11.4. The van der Waals surface area contributed by atoms with E-state index in [1.807, 2.05) is 6.92 Å². The first-order valence-corrected chi connectivity index (χ1v) is 6.50. The minimum atomic E-state index is -0.664. The normalized spacial score (nSPS) is 10.8. The molecule has 0 unspecified atom stereocenters. The Hall–Kier alpha value is -2.17. The van der Waals surface area contributed by atoms with Crippen molar-refractivity contribution in [3.63, 3.8) is 0 Å². The van der Waals surface area contributed by atoms with Crippen molar-refractivity contribution in [2.24, 2.45) is 0 Å². The van der Waals surface area contributed by atoms with Crippen molar-refractivity contribution < 1.29 is 8.78 Å². The summed E-state index contributed by atoms with van der Waals surface area (Å²) in [6.07, 6.45) is 3.24. The first kappa shape index (κ1) is 14.2. The van der Waals surface area contributed by atoms with Crippen LogP contribution in [0.25, 0.3) is 11.3 Å². The van der Waals surface area contributed by atoms with E-state index in [9.17, 15) is 8.78 Å². The van der Waals surface area contributed by atoms with Gasteiger partial charge in [0.25, 0.3) is 0 Å². The van der Waals surface area contributed by atoms with E-state index in [1.165, 1.54) is 18.2 Å². The average molecular weight is 277 g/mol. The molecule has 0 aliphatic carbocycles. The number of nitrogen functional groups attached to an aromatic ring is 1. The number of allylic oxidation sites excluding steroid dienone is 1. The molecule has 20 heavy (non-hydrogen) atoms. The molecule has 0 atom stereocenters. The monoisotopic (exact) mass is 277 g/mol. The maximum atomic E-state index is 13.9. The van der Waals surface area contributed by atoms with E-state index in [0.717, 1.165) is 6.42 Å². The highest BCUT2D eigenvalue weighted by Gasteiger charge is 2.20. The molecular weight excluding hydrogens is 260 g/mol. The molecule has 3 nitrogen and oxygen atoms in total. The molecule has 1 heterocycles. The van der Waals surface area contributed by atoms with Gasteiger partial charge in [0.15, 0.2) is 0 Å². The number of aromatic nitrogens is 2. The minimum Gasteiger partial charge on any atom is -0.383 e. The molecule has 0 spiro atoms. The summed E-state index contributed by atoms with van der Waals surface area (Å²) in [6.45, 7) is 6.13. The Morgan fingerprint density at radius 3 is 2.55 bits per heavy atom. The largest absolute Gasteiger partial charge is 0.383 e. The Labute approximate surface area is 116 Å². The molecule has 2 rings (SSSR count). The molecule has 0 amide bonds. The van der Waals surface area contributed by atoms with Crippen molar-refractivity contribution in [3.8, 4) is 11.3 Å². The van der Waals surface area contributed by atoms with E-state index in [4.69, 9.17) is 5.73 Å². The summed E-state index contributed by atoms with van der Waals surface area (Å²) in [5.74, 6) is -0.356. The molecule has 0 saturated carbocycles. The predicted molar refractivity (Wildman–Crippen MR) is 76.2 cm³/mol. The number of nitrogens with two attached hydrogens (primary N) is 1. The molecular formula is C15H17F2N3. The Morgan fingerprint density at radius 1 is 1.35 bits per heavy atom. The lowest BCUT2D eigenvalue weighted by molar-refractivity contribution is 0.589. The summed E-state index contributed by atoms with van der Waals surface area (Å²) in [6, 6.07) is 3.71. The predicted octanol–water partition coefficient (Wildman–Crippen LogP) is 3.55. The van der Waals surface area contributed by atoms with Gasteiger partial charge in [-0.05, 0) is 18.6 Å². The number of halogens is 2. The van der Waals surface area contributed by atoms with Crippen molar-refractivity contribution in [2.45, 2.75) is 26.3 Å². The molecule has 0 bridgehead atoms. The van der Waals surface area contributed by atoms with Crippen LogP contribution in [-0.4, -0.2) is 9.55 Å². The lowest BCUT2D eigenvalue weighted by Crippen LogP contribution is -2.06. The van der Waals surface area contributed by atoms with Gasteiger partial charge >= 0.3 is 0 Å². The summed E-state index contributed by atoms with van der Waals surface area (Å²) in [5, 5.41) is 0. The van der Waals surface area contributed by atoms with E-state index in [1.54, 1.807) is 10.6 Å². The third kappa shape index (κ3) is 2.43. The highest BCUT2D eigenvalue weighted by atomic mass is 19.1. The molecule has 0 saturated heterocycles. The maximum Gasteiger partial charge on any atom is 0.135 e. The highest BCUT2D eigenvalue weighted by Crippen LogP contribution is 2.31. The van der Waals surface area contributed by atoms with E-state index in [2.05, 4.69) is 11.6 Å². The average Bonchev–Trinajstić information content (AvgIpc) is 2.69. The summed E-state index contributed by atoms with van der Waals surface area (Å²) in [4.78, 5) is 4.32. The van der Waals surface area contributed by atoms with Crippen LogP contribution in [0, 0.1) is 11.6 Å². The summed E-state index contributed by atoms with van der Waals surface area (Å²) in [7, 11) is 0. The fourth-order valence-electron chi connectivity index (χ4n) is 2.17. The number of rotatable bonds is 5. The van der Waals surface area contributed by atoms with Gasteiger partial charge in [0.05, 0.1) is 5.56 Å². The quantitative estimate of drug-likeness (QED) is 0.849. The van der Waals surface area contributed by atoms with Gasteiger partial charge in [-0.3, -0.25) is 0 Å². The van der Waals surface area contributed by atoms with Crippen LogP contribution in [0.4, 0.5) is 14.6 Å². The molecule has 0 aliphatic rings. The lowest BCUT2D eigenvalue weighted by Gasteiger charge is -2.06. The zero-order valence-electron chi connectivity index (χ0n) is 11.4. The molecule has 5 heteroatoms. The second-order valence-electron chi connectivity index (χ2n) is 4.51. The first-order chi connectivity index (χ1) is 9.60. The second kappa shape index (κ2) is 5.86. The van der Waals surface area contributed by atoms with Crippen molar-refractivity contribution in [1.82, 2.24) is 9.55 Å². The number of hydrogen-bond donors (Lipinski definition) is 1. The maximum absolute atomic E-state index is 13.9. The Bertz CT molecular complexity index is 612. The van der Waals surface area contributed by atoms with Crippen molar-refractivity contribution in [1.29, 1.82) is 0 Å². The number of anilines is 1. The van der Waals surface area contributed by atoms with Gasteiger partial charge in [-0.1, -0.05) is 19.1 Å². The Kier molecular flexibility index (Phi) is 4.17. The van der Waals surface area contributed by atoms with Crippen LogP contribution >= 0.6 is 0 Å². The second-order valence-corrected chi connectivity index (χ2v) is 4.51. The number of aryl methyl sites for hydroxylation is 1. The summed E-state index contributed by atoms with van der Waals surface area (Å²) >= 11 is 0. The van der Waals surface area contributed by atoms with E-state index >= 15 is 0 Å². The lowest BCUT2D eigenvalue weighted by atomic mass is 10.1. The van der Waals surface area contributed by atoms with Crippen molar-refractivity contribution >= 4 is 5.82 Å². The van der Waals surface area contributed by atoms with Gasteiger partial charge in [-0.2, -0.15) is 0 Å². The number of benzene rings is 1. The summed E-state index contributed by atoms with van der Waals surface area (Å²) < 4.78 is 29.5. The molecule has 106 valence electrons. The molecule has 2 N–H and O–H groups in total. The molecule has 0 aliphatic heterocycles. The molecule has 1 aromatic heterocycles. The smallest absolute Gasteiger partial charge is 0.135 e. The topological polar surface area (TPSA) is 43.8 Å². The first-order valence-electron chi connectivity index (χ1n) is 6.50. The van der Waals surface area contributed by atoms with Crippen LogP contribution in [0.1, 0.15) is 19.2 Å². The van der Waals surface area contributed by atoms with Crippen LogP contribution in [0.15, 0.2) is 30.9 Å². The van der Waals surface area contributed by atoms with Crippen LogP contribution in [-0.2, 0) is 13.0 Å². The van der Waals surface area contributed by atoms with E-state index < -0.39 is 11.6 Å². The van der Waals surface area contributed by atoms with Gasteiger partial charge < -0.3 is 10.3 Å². The Balaban J connectivity index is 2.63. The SMILES string of the molecule is C=CCn1c(CCC)nc(-c2c(F)cccc2F)c1N. The molecule has 2 aromatic rings. The number of hydrogen-bond acceptors (Lipinski definition) is 2. The van der Waals surface area contributed by atoms with Gasteiger partial charge in [-0.15, -0.1) is 6.58 Å². The van der Waals surface area contributed by atoms with Crippen molar-refractivity contribution in [2.75, 3.05) is 5.73 Å². The van der Waals surface area contributed by atoms with Crippen LogP contribution < -0.4 is 5.73 Å². The van der Waals surface area contributed by atoms with Crippen LogP contribution in [0.5, 0.6) is 0 Å². The minimum absolute atomic E-state index is 0.158.